The number of benzene rings is 2. The Labute approximate surface area is 166 Å². The van der Waals surface area contributed by atoms with E-state index in [0.29, 0.717) is 22.1 Å². The number of carbonyl (C=O) groups excluding carboxylic acids is 2. The summed E-state index contributed by atoms with van der Waals surface area (Å²) in [4.78, 5) is 24.6. The molecule has 0 spiro atoms. The third-order valence-electron chi connectivity index (χ3n) is 4.08. The van der Waals surface area contributed by atoms with Crippen molar-refractivity contribution in [3.8, 4) is 5.75 Å². The Hall–Kier alpha value is -3.32. The van der Waals surface area contributed by atoms with Crippen LogP contribution in [0.2, 0.25) is 5.02 Å². The number of nitrogens with zero attached hydrogens (tertiary/aromatic N) is 1. The van der Waals surface area contributed by atoms with Crippen molar-refractivity contribution in [3.63, 3.8) is 0 Å². The van der Waals surface area contributed by atoms with Gasteiger partial charge in [-0.05, 0) is 50.2 Å². The van der Waals surface area contributed by atoms with E-state index in [9.17, 15) is 9.59 Å². The average Bonchev–Trinajstić information content (AvgIpc) is 3.02. The van der Waals surface area contributed by atoms with Gasteiger partial charge in [0.1, 0.15) is 18.1 Å². The lowest BCUT2D eigenvalue weighted by Gasteiger charge is -2.12. The lowest BCUT2D eigenvalue weighted by molar-refractivity contribution is 0.0844. The molecule has 1 heterocycles. The fourth-order valence-corrected chi connectivity index (χ4v) is 2.62. The van der Waals surface area contributed by atoms with Gasteiger partial charge in [0.2, 0.25) is 0 Å². The van der Waals surface area contributed by atoms with Gasteiger partial charge in [0.15, 0.2) is 0 Å². The van der Waals surface area contributed by atoms with Crippen LogP contribution in [0.25, 0.3) is 0 Å². The van der Waals surface area contributed by atoms with Crippen LogP contribution in [0, 0.1) is 13.8 Å². The van der Waals surface area contributed by atoms with Crippen molar-refractivity contribution >= 4 is 23.4 Å². The third kappa shape index (κ3) is 4.50. The molecule has 0 aliphatic heterocycles. The van der Waals surface area contributed by atoms with Crippen LogP contribution >= 0.6 is 11.6 Å². The molecular formula is C20H18ClN3O4. The van der Waals surface area contributed by atoms with E-state index < -0.39 is 11.8 Å². The highest BCUT2D eigenvalue weighted by atomic mass is 35.5. The molecule has 0 aliphatic rings. The van der Waals surface area contributed by atoms with E-state index in [-0.39, 0.29) is 12.2 Å². The van der Waals surface area contributed by atoms with E-state index in [2.05, 4.69) is 16.0 Å². The van der Waals surface area contributed by atoms with Crippen molar-refractivity contribution in [2.45, 2.75) is 20.5 Å². The summed E-state index contributed by atoms with van der Waals surface area (Å²) in [5.74, 6) is 0.0752. The van der Waals surface area contributed by atoms with Crippen molar-refractivity contribution < 1.29 is 18.8 Å². The van der Waals surface area contributed by atoms with Crippen LogP contribution in [0.5, 0.6) is 5.75 Å². The Bertz CT molecular complexity index is 979. The second-order valence-corrected chi connectivity index (χ2v) is 6.44. The van der Waals surface area contributed by atoms with Gasteiger partial charge in [-0.1, -0.05) is 28.9 Å². The minimum absolute atomic E-state index is 0.211. The van der Waals surface area contributed by atoms with Gasteiger partial charge in [0, 0.05) is 10.6 Å². The first-order chi connectivity index (χ1) is 13.5. The third-order valence-corrected chi connectivity index (χ3v) is 4.33. The first kappa shape index (κ1) is 19.4. The van der Waals surface area contributed by atoms with Crippen molar-refractivity contribution in [3.05, 3.63) is 81.7 Å². The molecule has 0 bridgehead atoms. The van der Waals surface area contributed by atoms with Crippen LogP contribution in [0.15, 0.2) is 53.1 Å². The van der Waals surface area contributed by atoms with Crippen molar-refractivity contribution in [1.29, 1.82) is 0 Å². The fourth-order valence-electron chi connectivity index (χ4n) is 2.49. The molecule has 28 heavy (non-hydrogen) atoms. The molecule has 3 rings (SSSR count). The predicted molar refractivity (Wildman–Crippen MR) is 103 cm³/mol. The van der Waals surface area contributed by atoms with E-state index >= 15 is 0 Å². The summed E-state index contributed by atoms with van der Waals surface area (Å²) in [5, 5.41) is 4.40. The summed E-state index contributed by atoms with van der Waals surface area (Å²) >= 11 is 5.80. The second-order valence-electron chi connectivity index (χ2n) is 6.00. The standard InChI is InChI=1S/C20H18ClN3O4/c1-12-17(13(2)28-24-12)11-27-18-6-4-3-5-16(18)20(26)23-22-19(25)14-7-9-15(21)10-8-14/h3-10H,11H2,1-2H3,(H,22,25)(H,23,26). The van der Waals surface area contributed by atoms with E-state index in [4.69, 9.17) is 20.9 Å². The van der Waals surface area contributed by atoms with Crippen LogP contribution in [0.3, 0.4) is 0 Å². The molecule has 2 amide bonds. The van der Waals surface area contributed by atoms with Gasteiger partial charge < -0.3 is 9.26 Å². The van der Waals surface area contributed by atoms with Crippen LogP contribution in [-0.2, 0) is 6.61 Å². The summed E-state index contributed by atoms with van der Waals surface area (Å²) in [6.07, 6.45) is 0. The van der Waals surface area contributed by atoms with Crippen molar-refractivity contribution in [2.75, 3.05) is 0 Å². The molecule has 0 unspecified atom stereocenters. The number of halogens is 1. The molecule has 7 nitrogen and oxygen atoms in total. The molecule has 8 heteroatoms. The van der Waals surface area contributed by atoms with Gasteiger partial charge in [-0.15, -0.1) is 0 Å². The minimum Gasteiger partial charge on any atom is -0.488 e. The Morgan fingerprint density at radius 2 is 1.71 bits per heavy atom. The van der Waals surface area contributed by atoms with Crippen molar-refractivity contribution in [1.82, 2.24) is 16.0 Å². The molecule has 0 radical (unpaired) electrons. The first-order valence-corrected chi connectivity index (χ1v) is 8.83. The van der Waals surface area contributed by atoms with Gasteiger partial charge >= 0.3 is 0 Å². The summed E-state index contributed by atoms with van der Waals surface area (Å²) in [6.45, 7) is 3.83. The number of nitrogens with one attached hydrogen (secondary N) is 2. The maximum Gasteiger partial charge on any atom is 0.273 e. The summed E-state index contributed by atoms with van der Waals surface area (Å²) in [7, 11) is 0. The molecule has 144 valence electrons. The number of rotatable bonds is 5. The lowest BCUT2D eigenvalue weighted by Crippen LogP contribution is -2.41. The van der Waals surface area contributed by atoms with Gasteiger partial charge in [0.05, 0.1) is 16.8 Å². The van der Waals surface area contributed by atoms with Gasteiger partial charge in [-0.3, -0.25) is 20.4 Å². The molecule has 0 fully saturated rings. The van der Waals surface area contributed by atoms with Crippen LogP contribution < -0.4 is 15.6 Å². The number of aromatic nitrogens is 1. The first-order valence-electron chi connectivity index (χ1n) is 8.45. The molecule has 1 aromatic heterocycles. The number of para-hydroxylation sites is 1. The molecule has 0 atom stereocenters. The van der Waals surface area contributed by atoms with E-state index in [0.717, 1.165) is 11.3 Å². The van der Waals surface area contributed by atoms with Crippen LogP contribution in [0.4, 0.5) is 0 Å². The van der Waals surface area contributed by atoms with E-state index in [1.54, 1.807) is 55.5 Å². The number of hydrazine groups is 1. The molecule has 0 aliphatic carbocycles. The monoisotopic (exact) mass is 399 g/mol. The minimum atomic E-state index is -0.503. The Morgan fingerprint density at radius 1 is 1.04 bits per heavy atom. The summed E-state index contributed by atoms with van der Waals surface area (Å²) < 4.78 is 10.9. The maximum atomic E-state index is 12.5. The highest BCUT2D eigenvalue weighted by Crippen LogP contribution is 2.21. The van der Waals surface area contributed by atoms with Crippen molar-refractivity contribution in [2.24, 2.45) is 0 Å². The van der Waals surface area contributed by atoms with Crippen LogP contribution in [0.1, 0.15) is 37.7 Å². The SMILES string of the molecule is Cc1noc(C)c1COc1ccccc1C(=O)NNC(=O)c1ccc(Cl)cc1. The topological polar surface area (TPSA) is 93.5 Å². The van der Waals surface area contributed by atoms with E-state index in [1.807, 2.05) is 6.92 Å². The zero-order valence-electron chi connectivity index (χ0n) is 15.3. The molecule has 0 saturated carbocycles. The molecular weight excluding hydrogens is 382 g/mol. The Morgan fingerprint density at radius 3 is 2.39 bits per heavy atom. The smallest absolute Gasteiger partial charge is 0.273 e. The number of hydrogen-bond acceptors (Lipinski definition) is 5. The van der Waals surface area contributed by atoms with Gasteiger partial charge in [-0.2, -0.15) is 0 Å². The highest BCUT2D eigenvalue weighted by molar-refractivity contribution is 6.30. The zero-order chi connectivity index (χ0) is 20.1. The highest BCUT2D eigenvalue weighted by Gasteiger charge is 2.15. The number of carbonyl (C=O) groups is 2. The van der Waals surface area contributed by atoms with Gasteiger partial charge in [0.25, 0.3) is 11.8 Å². The number of hydrogen-bond donors (Lipinski definition) is 2. The largest absolute Gasteiger partial charge is 0.488 e. The maximum absolute atomic E-state index is 12.5. The summed E-state index contributed by atoms with van der Waals surface area (Å²) in [5.41, 5.74) is 6.96. The molecule has 2 aromatic carbocycles. The second kappa shape index (κ2) is 8.58. The summed E-state index contributed by atoms with van der Waals surface area (Å²) in [6, 6.07) is 13.0. The number of amides is 2. The quantitative estimate of drug-likeness (QED) is 0.639. The molecule has 3 aromatic rings. The van der Waals surface area contributed by atoms with E-state index in [1.165, 1.54) is 0 Å². The molecule has 0 saturated heterocycles. The zero-order valence-corrected chi connectivity index (χ0v) is 16.0. The predicted octanol–water partition coefficient (Wildman–Crippen LogP) is 3.60. The number of ether oxygens (including phenoxy) is 1. The van der Waals surface area contributed by atoms with Gasteiger partial charge in [-0.25, -0.2) is 0 Å². The Kier molecular flexibility index (Phi) is 5.96. The lowest BCUT2D eigenvalue weighted by atomic mass is 10.2. The fraction of sp³-hybridized carbons (Fsp3) is 0.150. The normalized spacial score (nSPS) is 10.4. The number of aryl methyl sites for hydroxylation is 2. The Balaban J connectivity index is 1.65. The average molecular weight is 400 g/mol. The van der Waals surface area contributed by atoms with Crippen LogP contribution in [-0.4, -0.2) is 17.0 Å². The molecule has 2 N–H and O–H groups in total.